The van der Waals surface area contributed by atoms with Crippen LogP contribution in [0.2, 0.25) is 0 Å². The maximum Gasteiger partial charge on any atom is 0.402 e. The van der Waals surface area contributed by atoms with Crippen LogP contribution in [0.1, 0.15) is 36.6 Å². The first kappa shape index (κ1) is 18.7. The van der Waals surface area contributed by atoms with Gasteiger partial charge in [-0.25, -0.2) is 8.42 Å². The number of thiophene rings is 1. The maximum absolute atomic E-state index is 12.9. The van der Waals surface area contributed by atoms with Crippen molar-refractivity contribution in [1.29, 1.82) is 0 Å². The van der Waals surface area contributed by atoms with Gasteiger partial charge in [-0.15, -0.1) is 11.3 Å². The Kier molecular flexibility index (Phi) is 4.89. The van der Waals surface area contributed by atoms with Gasteiger partial charge in [-0.05, 0) is 30.9 Å². The quantitative estimate of drug-likeness (QED) is 0.786. The number of hydrogen-bond acceptors (Lipinski definition) is 4. The second kappa shape index (κ2) is 6.55. The molecule has 1 aromatic rings. The standard InChI is InChI=1S/C15H19F3N2O3S2/c1-10(21)19-6-5-13-11(8-19)7-14(24-13)25(22,23)20(9-15(16,17)18)12-3-2-4-12/h7,12H,2-6,8-9H2,1H3. The van der Waals surface area contributed by atoms with Crippen LogP contribution >= 0.6 is 11.3 Å². The van der Waals surface area contributed by atoms with Crippen LogP contribution in [0.25, 0.3) is 0 Å². The summed E-state index contributed by atoms with van der Waals surface area (Å²) in [7, 11) is -4.20. The van der Waals surface area contributed by atoms with Gasteiger partial charge in [-0.3, -0.25) is 4.79 Å². The Labute approximate surface area is 148 Å². The third-order valence-electron chi connectivity index (χ3n) is 4.67. The largest absolute Gasteiger partial charge is 0.402 e. The van der Waals surface area contributed by atoms with Crippen molar-refractivity contribution in [3.63, 3.8) is 0 Å². The normalized spacial score (nSPS) is 19.0. The molecule has 0 bridgehead atoms. The summed E-state index contributed by atoms with van der Waals surface area (Å²) in [5.41, 5.74) is 0.714. The molecule has 25 heavy (non-hydrogen) atoms. The van der Waals surface area contributed by atoms with Gasteiger partial charge in [0, 0.05) is 30.9 Å². The number of sulfonamides is 1. The highest BCUT2D eigenvalue weighted by Gasteiger charge is 2.43. The van der Waals surface area contributed by atoms with E-state index in [0.29, 0.717) is 42.2 Å². The molecular formula is C15H19F3N2O3S2. The van der Waals surface area contributed by atoms with E-state index in [-0.39, 0.29) is 10.1 Å². The van der Waals surface area contributed by atoms with Gasteiger partial charge in [-0.2, -0.15) is 17.5 Å². The Balaban J connectivity index is 1.90. The van der Waals surface area contributed by atoms with Gasteiger partial charge in [0.15, 0.2) is 0 Å². The average molecular weight is 396 g/mol. The minimum absolute atomic E-state index is 0.0564. The molecule has 0 radical (unpaired) electrons. The van der Waals surface area contributed by atoms with E-state index in [4.69, 9.17) is 0 Å². The molecule has 2 heterocycles. The molecule has 2 aliphatic rings. The maximum atomic E-state index is 12.9. The Morgan fingerprint density at radius 1 is 1.40 bits per heavy atom. The van der Waals surface area contributed by atoms with Crippen molar-refractivity contribution >= 4 is 27.3 Å². The molecule has 0 unspecified atom stereocenters. The van der Waals surface area contributed by atoms with Gasteiger partial charge in [-0.1, -0.05) is 6.42 Å². The number of carbonyl (C=O) groups is 1. The van der Waals surface area contributed by atoms with E-state index in [2.05, 4.69) is 0 Å². The first-order valence-electron chi connectivity index (χ1n) is 8.03. The SMILES string of the molecule is CC(=O)N1CCc2sc(S(=O)(=O)N(CC(F)(F)F)C3CCC3)cc2C1. The summed E-state index contributed by atoms with van der Waals surface area (Å²) < 4.78 is 64.9. The molecule has 1 aliphatic heterocycles. The highest BCUT2D eigenvalue weighted by atomic mass is 32.2. The molecule has 0 atom stereocenters. The highest BCUT2D eigenvalue weighted by Crippen LogP contribution is 2.37. The zero-order chi connectivity index (χ0) is 18.4. The minimum atomic E-state index is -4.58. The van der Waals surface area contributed by atoms with Gasteiger partial charge >= 0.3 is 6.18 Å². The lowest BCUT2D eigenvalue weighted by Gasteiger charge is -2.36. The second-order valence-corrected chi connectivity index (χ2v) is 9.71. The molecule has 0 saturated heterocycles. The van der Waals surface area contributed by atoms with E-state index in [9.17, 15) is 26.4 Å². The minimum Gasteiger partial charge on any atom is -0.338 e. The molecule has 1 aromatic heterocycles. The topological polar surface area (TPSA) is 57.7 Å². The fourth-order valence-electron chi connectivity index (χ4n) is 3.08. The van der Waals surface area contributed by atoms with Crippen molar-refractivity contribution in [3.05, 3.63) is 16.5 Å². The summed E-state index contributed by atoms with van der Waals surface area (Å²) in [6, 6.07) is 0.853. The van der Waals surface area contributed by atoms with E-state index in [1.165, 1.54) is 13.0 Å². The molecule has 0 N–H and O–H groups in total. The smallest absolute Gasteiger partial charge is 0.338 e. The fourth-order valence-corrected chi connectivity index (χ4v) is 6.42. The van der Waals surface area contributed by atoms with E-state index in [0.717, 1.165) is 22.6 Å². The summed E-state index contributed by atoms with van der Waals surface area (Å²) in [5, 5.41) is 0. The molecule has 1 amide bonds. The number of halogens is 3. The average Bonchev–Trinajstić information content (AvgIpc) is 2.86. The van der Waals surface area contributed by atoms with Crippen LogP contribution in [0.5, 0.6) is 0 Å². The lowest BCUT2D eigenvalue weighted by molar-refractivity contribution is -0.141. The molecular weight excluding hydrogens is 377 g/mol. The third-order valence-corrected chi connectivity index (χ3v) is 8.25. The summed E-state index contributed by atoms with van der Waals surface area (Å²) in [6.07, 6.45) is -2.40. The van der Waals surface area contributed by atoms with E-state index in [1.54, 1.807) is 4.90 Å². The molecule has 5 nitrogen and oxygen atoms in total. The highest BCUT2D eigenvalue weighted by molar-refractivity contribution is 7.91. The molecule has 1 aliphatic carbocycles. The van der Waals surface area contributed by atoms with Crippen LogP contribution in [0.3, 0.4) is 0 Å². The molecule has 0 aromatic carbocycles. The van der Waals surface area contributed by atoms with Gasteiger partial charge in [0.2, 0.25) is 5.91 Å². The number of rotatable bonds is 4. The van der Waals surface area contributed by atoms with Crippen LogP contribution < -0.4 is 0 Å². The summed E-state index contributed by atoms with van der Waals surface area (Å²) in [5.74, 6) is -0.102. The molecule has 10 heteroatoms. The van der Waals surface area contributed by atoms with Gasteiger partial charge < -0.3 is 4.90 Å². The predicted octanol–water partition coefficient (Wildman–Crippen LogP) is 2.76. The molecule has 1 saturated carbocycles. The number of amides is 1. The Morgan fingerprint density at radius 3 is 2.60 bits per heavy atom. The monoisotopic (exact) mass is 396 g/mol. The van der Waals surface area contributed by atoms with Crippen LogP contribution in [-0.2, 0) is 27.8 Å². The van der Waals surface area contributed by atoms with Crippen molar-refractivity contribution in [1.82, 2.24) is 9.21 Å². The number of nitrogens with zero attached hydrogens (tertiary/aromatic N) is 2. The summed E-state index contributed by atoms with van der Waals surface area (Å²) >= 11 is 1.03. The summed E-state index contributed by atoms with van der Waals surface area (Å²) in [4.78, 5) is 13.9. The van der Waals surface area contributed by atoms with Crippen molar-refractivity contribution in [2.75, 3.05) is 13.1 Å². The zero-order valence-corrected chi connectivity index (χ0v) is 15.3. The van der Waals surface area contributed by atoms with E-state index in [1.807, 2.05) is 0 Å². The molecule has 140 valence electrons. The predicted molar refractivity (Wildman–Crippen MR) is 86.7 cm³/mol. The molecule has 3 rings (SSSR count). The lowest BCUT2D eigenvalue weighted by Crippen LogP contribution is -2.48. The first-order valence-corrected chi connectivity index (χ1v) is 10.3. The Bertz CT molecular complexity index is 769. The van der Waals surface area contributed by atoms with E-state index < -0.39 is 28.8 Å². The molecule has 0 spiro atoms. The Morgan fingerprint density at radius 2 is 2.08 bits per heavy atom. The van der Waals surface area contributed by atoms with Gasteiger partial charge in [0.1, 0.15) is 10.8 Å². The van der Waals surface area contributed by atoms with E-state index >= 15 is 0 Å². The fraction of sp³-hybridized carbons (Fsp3) is 0.667. The number of hydrogen-bond donors (Lipinski definition) is 0. The zero-order valence-electron chi connectivity index (χ0n) is 13.7. The van der Waals surface area contributed by atoms with Crippen molar-refractivity contribution in [3.8, 4) is 0 Å². The van der Waals surface area contributed by atoms with Crippen molar-refractivity contribution < 1.29 is 26.4 Å². The second-order valence-electron chi connectivity index (χ2n) is 6.45. The van der Waals surface area contributed by atoms with Gasteiger partial charge in [0.05, 0.1) is 0 Å². The lowest BCUT2D eigenvalue weighted by atomic mass is 9.93. The number of alkyl halides is 3. The third kappa shape index (κ3) is 3.85. The number of fused-ring (bicyclic) bond motifs is 1. The van der Waals surface area contributed by atoms with Gasteiger partial charge in [0.25, 0.3) is 10.0 Å². The van der Waals surface area contributed by atoms with Crippen LogP contribution in [0, 0.1) is 0 Å². The Hall–Kier alpha value is -1.13. The van der Waals surface area contributed by atoms with Crippen LogP contribution in [0.4, 0.5) is 13.2 Å². The van der Waals surface area contributed by atoms with Crippen molar-refractivity contribution in [2.45, 2.75) is 55.6 Å². The first-order chi connectivity index (χ1) is 11.6. The van der Waals surface area contributed by atoms with Crippen LogP contribution in [-0.4, -0.2) is 48.8 Å². The molecule has 1 fully saturated rings. The number of carbonyl (C=O) groups excluding carboxylic acids is 1. The summed E-state index contributed by atoms with van der Waals surface area (Å²) in [6.45, 7) is 0.787. The van der Waals surface area contributed by atoms with Crippen molar-refractivity contribution in [2.24, 2.45) is 0 Å². The van der Waals surface area contributed by atoms with Crippen LogP contribution in [0.15, 0.2) is 10.3 Å².